The maximum absolute atomic E-state index is 12.5. The minimum absolute atomic E-state index is 0.0171. The van der Waals surface area contributed by atoms with Gasteiger partial charge in [-0.05, 0) is 104 Å². The molecule has 0 fully saturated rings. The number of nitrogens with zero attached hydrogens (tertiary/aromatic N) is 10. The van der Waals surface area contributed by atoms with E-state index in [2.05, 4.69) is 40.7 Å². The van der Waals surface area contributed by atoms with Crippen LogP contribution in [0.15, 0.2) is 111 Å². The van der Waals surface area contributed by atoms with Crippen molar-refractivity contribution < 1.29 is 79.8 Å². The van der Waals surface area contributed by atoms with E-state index in [4.69, 9.17) is 4.74 Å². The second-order valence-corrected chi connectivity index (χ2v) is 26.8. The minimum Gasteiger partial charge on any atom is -0.493 e. The summed E-state index contributed by atoms with van der Waals surface area (Å²) < 4.78 is 174. The lowest BCUT2D eigenvalue weighted by Crippen LogP contribution is -2.08. The number of rotatable bonds is 20. The molecule has 0 unspecified atom stereocenters. The quantitative estimate of drug-likeness (QED) is 0.0162. The zero-order chi connectivity index (χ0) is 58.4. The fraction of sp³-hybridized carbons (Fsp3) is 0.222. The first kappa shape index (κ1) is 59.1. The van der Waals surface area contributed by atoms with Gasteiger partial charge in [0.05, 0.1) is 67.3 Å². The molecule has 0 amide bonds. The Hall–Kier alpha value is -7.05. The molecule has 0 saturated carbocycles. The number of aryl methyl sites for hydroxylation is 2. The minimum atomic E-state index is -4.89. The summed E-state index contributed by atoms with van der Waals surface area (Å²) in [5.41, 5.74) is 0.294. The molecule has 0 aliphatic heterocycles. The third-order valence-corrected chi connectivity index (χ3v) is 17.9. The Morgan fingerprint density at radius 2 is 1.32 bits per heavy atom. The van der Waals surface area contributed by atoms with Crippen LogP contribution in [-0.4, -0.2) is 113 Å². The molecule has 28 nitrogen and oxygen atoms in total. The van der Waals surface area contributed by atoms with E-state index < -0.39 is 89.3 Å². The van der Waals surface area contributed by atoms with E-state index >= 15 is 0 Å². The van der Waals surface area contributed by atoms with Crippen molar-refractivity contribution in [1.82, 2.24) is 14.4 Å². The SMILES string of the molecule is Cc1cc(N=Nc2cc(OCCCS(=O)(=O)O)c(N=Nc3c(C)c(C#N)c4nc5cc(S(=O)(=O)O)cc(CO)c5n4c3O)cc2C)c(SCCCS(=O)(=O)O)cc1N=Nc1nc2c(S(=O)(=O)O)cc3ccc(S(=O)(=O)O)cc3c2s1. The van der Waals surface area contributed by atoms with Crippen LogP contribution in [0.3, 0.4) is 0 Å². The van der Waals surface area contributed by atoms with Crippen LogP contribution in [0.25, 0.3) is 37.7 Å². The number of hydrogen-bond acceptors (Lipinski definition) is 24. The number of aliphatic hydroxyl groups is 1. The first-order chi connectivity index (χ1) is 37.3. The number of imidazole rings is 1. The predicted molar refractivity (Wildman–Crippen MR) is 289 cm³/mol. The van der Waals surface area contributed by atoms with Gasteiger partial charge in [-0.25, -0.2) is 9.97 Å². The monoisotopic (exact) mass is 1230 g/mol. The van der Waals surface area contributed by atoms with Gasteiger partial charge in [-0.2, -0.15) is 52.5 Å². The Morgan fingerprint density at radius 1 is 0.700 bits per heavy atom. The second-order valence-electron chi connectivity index (χ2n) is 17.3. The summed E-state index contributed by atoms with van der Waals surface area (Å²) in [5, 5.41) is 58.3. The number of thioether (sulfide) groups is 1. The standard InChI is InChI=1S/C45H40N10O18S7/c1-22-12-33(51-53-39-24(3)30(20-46)43-47-35-17-28(79(67,68)69)14-26(21-56)41(35)55(43)44(39)57)36(73-8-4-10-76(58,59)60)18-31(22)49-52-34-13-23(2)32(19-37(34)74-9-5-11-77(61,62)63)50-54-45-48-40-38(80(70,71)72)15-25-6-7-27(78(64,65)66)16-29(25)42(40)75-45/h6-7,12-19,56-57H,4-5,8-11,21H2,1-3H3,(H,58,59,60)(H,61,62,63)(H,64,65,66)(H,67,68,69)(H,70,71,72). The smallest absolute Gasteiger partial charge is 0.296 e. The zero-order valence-electron chi connectivity index (χ0n) is 41.2. The molecule has 0 aliphatic rings. The third-order valence-electron chi connectivity index (χ3n) is 11.7. The van der Waals surface area contributed by atoms with Gasteiger partial charge in [0.1, 0.15) is 33.5 Å². The number of aromatic nitrogens is 3. The van der Waals surface area contributed by atoms with Crippen LogP contribution in [0, 0.1) is 32.1 Å². The molecule has 5 aromatic carbocycles. The number of benzene rings is 5. The summed E-state index contributed by atoms with van der Waals surface area (Å²) in [4.78, 5) is 7.21. The van der Waals surface area contributed by atoms with Crippen LogP contribution < -0.4 is 4.74 Å². The number of aromatic hydroxyl groups is 1. The second kappa shape index (κ2) is 22.5. The number of nitriles is 1. The number of ether oxygens (including phenoxy) is 1. The first-order valence-corrected chi connectivity index (χ1v) is 31.9. The Kier molecular flexibility index (Phi) is 16.6. The van der Waals surface area contributed by atoms with Crippen LogP contribution in [-0.2, 0) is 57.2 Å². The van der Waals surface area contributed by atoms with Crippen LogP contribution in [0.5, 0.6) is 11.6 Å². The van der Waals surface area contributed by atoms with E-state index in [1.165, 1.54) is 31.2 Å². The van der Waals surface area contributed by atoms with Crippen molar-refractivity contribution in [2.45, 2.75) is 59.8 Å². The van der Waals surface area contributed by atoms with Crippen LogP contribution in [0.1, 0.15) is 40.7 Å². The van der Waals surface area contributed by atoms with Gasteiger partial charge in [-0.1, -0.05) is 17.4 Å². The number of aliphatic hydroxyl groups excluding tert-OH is 1. The van der Waals surface area contributed by atoms with Crippen molar-refractivity contribution in [3.8, 4) is 17.7 Å². The third kappa shape index (κ3) is 13.1. The molecular weight excluding hydrogens is 1190 g/mol. The Labute approximate surface area is 462 Å². The van der Waals surface area contributed by atoms with E-state index in [0.29, 0.717) is 16.0 Å². The number of thiazole rings is 1. The molecule has 3 aromatic heterocycles. The molecule has 0 spiro atoms. The highest BCUT2D eigenvalue weighted by molar-refractivity contribution is 7.99. The largest absolute Gasteiger partial charge is 0.493 e. The van der Waals surface area contributed by atoms with Gasteiger partial charge in [-0.3, -0.25) is 27.2 Å². The fourth-order valence-electron chi connectivity index (χ4n) is 7.93. The van der Waals surface area contributed by atoms with Gasteiger partial charge in [0, 0.05) is 27.5 Å². The molecule has 0 atom stereocenters. The summed E-state index contributed by atoms with van der Waals surface area (Å²) in [6.07, 6.45) is -0.223. The molecule has 0 aliphatic carbocycles. The average Bonchev–Trinajstić information content (AvgIpc) is 4.20. The first-order valence-electron chi connectivity index (χ1n) is 22.6. The summed E-state index contributed by atoms with van der Waals surface area (Å²) >= 11 is 1.89. The highest BCUT2D eigenvalue weighted by Gasteiger charge is 2.26. The van der Waals surface area contributed by atoms with Gasteiger partial charge >= 0.3 is 0 Å². The summed E-state index contributed by atoms with van der Waals surface area (Å²) in [7, 11) is -23.1. The van der Waals surface area contributed by atoms with Crippen molar-refractivity contribution in [3.63, 3.8) is 0 Å². The number of hydrogen-bond donors (Lipinski definition) is 7. The van der Waals surface area contributed by atoms with Crippen molar-refractivity contribution in [1.29, 1.82) is 5.26 Å². The molecule has 8 rings (SSSR count). The number of fused-ring (bicyclic) bond motifs is 6. The molecule has 0 radical (unpaired) electrons. The van der Waals surface area contributed by atoms with E-state index in [1.54, 1.807) is 19.9 Å². The van der Waals surface area contributed by atoms with Gasteiger partial charge in [0.25, 0.3) is 50.6 Å². The van der Waals surface area contributed by atoms with Crippen LogP contribution >= 0.6 is 23.1 Å². The van der Waals surface area contributed by atoms with E-state index in [9.17, 15) is 80.3 Å². The molecule has 8 aromatic rings. The highest BCUT2D eigenvalue weighted by atomic mass is 32.2. The molecule has 35 heteroatoms. The van der Waals surface area contributed by atoms with Gasteiger partial charge in [-0.15, -0.1) is 37.3 Å². The van der Waals surface area contributed by atoms with Gasteiger partial charge in [0.2, 0.25) is 11.0 Å². The maximum Gasteiger partial charge on any atom is 0.296 e. The van der Waals surface area contributed by atoms with Crippen molar-refractivity contribution >= 4 is 145 Å². The Morgan fingerprint density at radius 3 is 1.96 bits per heavy atom. The van der Waals surface area contributed by atoms with E-state index in [0.717, 1.165) is 57.8 Å². The van der Waals surface area contributed by atoms with Gasteiger partial charge < -0.3 is 14.9 Å². The van der Waals surface area contributed by atoms with E-state index in [-0.39, 0.29) is 119 Å². The number of pyridine rings is 1. The lowest BCUT2D eigenvalue weighted by atomic mass is 10.1. The summed E-state index contributed by atoms with van der Waals surface area (Å²) in [5.74, 6) is -1.87. The van der Waals surface area contributed by atoms with Crippen molar-refractivity contribution in [2.75, 3.05) is 23.9 Å². The zero-order valence-corrected chi connectivity index (χ0v) is 46.9. The molecule has 3 heterocycles. The molecule has 80 heavy (non-hydrogen) atoms. The molecule has 420 valence electrons. The van der Waals surface area contributed by atoms with E-state index in [1.807, 2.05) is 6.07 Å². The lowest BCUT2D eigenvalue weighted by Gasteiger charge is -2.12. The summed E-state index contributed by atoms with van der Waals surface area (Å²) in [6, 6.07) is 14.3. The molecule has 0 saturated heterocycles. The molecule has 0 bridgehead atoms. The van der Waals surface area contributed by atoms with Gasteiger partial charge in [0.15, 0.2) is 11.3 Å². The van der Waals surface area contributed by atoms with Crippen molar-refractivity contribution in [3.05, 3.63) is 88.5 Å². The Bertz CT molecular complexity index is 4640. The topological polar surface area (TPSA) is 450 Å². The molecular formula is C45H40N10O18S7. The van der Waals surface area contributed by atoms with Crippen molar-refractivity contribution in [2.24, 2.45) is 30.7 Å². The number of azo groups is 3. The average molecular weight is 1230 g/mol. The highest BCUT2D eigenvalue weighted by Crippen LogP contribution is 2.44. The van der Waals surface area contributed by atoms with Crippen LogP contribution in [0.4, 0.5) is 33.6 Å². The maximum atomic E-state index is 12.5. The summed E-state index contributed by atoms with van der Waals surface area (Å²) in [6.45, 7) is 3.55. The fourth-order valence-corrected chi connectivity index (χ4v) is 12.8. The van der Waals surface area contributed by atoms with Crippen LogP contribution in [0.2, 0.25) is 0 Å². The predicted octanol–water partition coefficient (Wildman–Crippen LogP) is 9.26. The molecule has 7 N–H and O–H groups in total. The Balaban J connectivity index is 1.19. The normalized spacial score (nSPS) is 13.1. The lowest BCUT2D eigenvalue weighted by molar-refractivity contribution is 0.282.